The van der Waals surface area contributed by atoms with Crippen LogP contribution in [0, 0.1) is 0 Å². The monoisotopic (exact) mass is 274 g/mol. The van der Waals surface area contributed by atoms with Crippen molar-refractivity contribution in [3.8, 4) is 0 Å². The lowest BCUT2D eigenvalue weighted by Crippen LogP contribution is -2.66. The van der Waals surface area contributed by atoms with Crippen molar-refractivity contribution < 1.29 is 0 Å². The van der Waals surface area contributed by atoms with E-state index in [1.165, 1.54) is 38.0 Å². The van der Waals surface area contributed by atoms with Crippen LogP contribution < -0.4 is 5.32 Å². The second-order valence-electron chi connectivity index (χ2n) is 4.94. The molecule has 1 spiro atoms. The van der Waals surface area contributed by atoms with E-state index in [4.69, 9.17) is 0 Å². The summed E-state index contributed by atoms with van der Waals surface area (Å²) < 4.78 is 0. The molecule has 4 heteroatoms. The molecule has 1 aromatic carbocycles. The fourth-order valence-corrected chi connectivity index (χ4v) is 2.90. The fraction of sp³-hybridized carbons (Fsp3) is 0.538. The zero-order valence-corrected chi connectivity index (χ0v) is 11.5. The van der Waals surface area contributed by atoms with E-state index >= 15 is 0 Å². The molecule has 0 unspecified atom stereocenters. The SMILES string of the molecule is Cl.Cl.c1ccc(CN2CC3(CCCN3)C2)cc1. The molecule has 2 aliphatic rings. The van der Waals surface area contributed by atoms with Crippen LogP contribution in [0.1, 0.15) is 18.4 Å². The van der Waals surface area contributed by atoms with Gasteiger partial charge in [0.15, 0.2) is 0 Å². The predicted octanol–water partition coefficient (Wildman–Crippen LogP) is 2.47. The fourth-order valence-electron chi connectivity index (χ4n) is 2.90. The predicted molar refractivity (Wildman–Crippen MR) is 76.2 cm³/mol. The summed E-state index contributed by atoms with van der Waals surface area (Å²) in [6.07, 6.45) is 2.73. The zero-order chi connectivity index (χ0) is 10.1. The first-order chi connectivity index (χ1) is 7.36. The molecule has 0 saturated carbocycles. The van der Waals surface area contributed by atoms with Crippen molar-refractivity contribution in [2.45, 2.75) is 24.9 Å². The van der Waals surface area contributed by atoms with Crippen LogP contribution in [0.3, 0.4) is 0 Å². The van der Waals surface area contributed by atoms with Gasteiger partial charge in [-0.05, 0) is 24.9 Å². The van der Waals surface area contributed by atoms with E-state index in [1.54, 1.807) is 0 Å². The molecule has 17 heavy (non-hydrogen) atoms. The third-order valence-electron chi connectivity index (χ3n) is 3.63. The first-order valence-electron chi connectivity index (χ1n) is 5.88. The Kier molecular flexibility index (Phi) is 5.26. The van der Waals surface area contributed by atoms with Crippen molar-refractivity contribution in [2.24, 2.45) is 0 Å². The lowest BCUT2D eigenvalue weighted by atomic mass is 9.88. The average molecular weight is 275 g/mol. The number of likely N-dealkylation sites (tertiary alicyclic amines) is 1. The zero-order valence-electron chi connectivity index (χ0n) is 9.89. The molecule has 2 aliphatic heterocycles. The van der Waals surface area contributed by atoms with Crippen LogP contribution >= 0.6 is 24.8 Å². The topological polar surface area (TPSA) is 15.3 Å². The molecule has 0 atom stereocenters. The molecular weight excluding hydrogens is 255 g/mol. The highest BCUT2D eigenvalue weighted by molar-refractivity contribution is 5.85. The van der Waals surface area contributed by atoms with Gasteiger partial charge in [0.1, 0.15) is 0 Å². The summed E-state index contributed by atoms with van der Waals surface area (Å²) >= 11 is 0. The summed E-state index contributed by atoms with van der Waals surface area (Å²) in [5.74, 6) is 0. The van der Waals surface area contributed by atoms with E-state index in [-0.39, 0.29) is 24.8 Å². The van der Waals surface area contributed by atoms with Crippen molar-refractivity contribution in [1.29, 1.82) is 0 Å². The highest BCUT2D eigenvalue weighted by Gasteiger charge is 2.44. The van der Waals surface area contributed by atoms with Gasteiger partial charge in [-0.3, -0.25) is 4.90 Å². The normalized spacial score (nSPS) is 21.4. The first kappa shape index (κ1) is 14.8. The van der Waals surface area contributed by atoms with Crippen molar-refractivity contribution in [2.75, 3.05) is 19.6 Å². The molecule has 3 rings (SSSR count). The number of hydrogen-bond acceptors (Lipinski definition) is 2. The summed E-state index contributed by atoms with van der Waals surface area (Å²) in [6.45, 7) is 4.81. The Morgan fingerprint density at radius 1 is 1.12 bits per heavy atom. The molecule has 0 aromatic heterocycles. The van der Waals surface area contributed by atoms with Crippen molar-refractivity contribution in [1.82, 2.24) is 10.2 Å². The minimum absolute atomic E-state index is 0. The maximum absolute atomic E-state index is 3.64. The maximum atomic E-state index is 3.64. The summed E-state index contributed by atoms with van der Waals surface area (Å²) in [7, 11) is 0. The minimum Gasteiger partial charge on any atom is -0.309 e. The Hall–Kier alpha value is -0.280. The molecule has 1 aromatic rings. The van der Waals surface area contributed by atoms with Gasteiger partial charge in [-0.1, -0.05) is 30.3 Å². The van der Waals surface area contributed by atoms with Crippen LogP contribution in [0.5, 0.6) is 0 Å². The molecule has 1 N–H and O–H groups in total. The summed E-state index contributed by atoms with van der Waals surface area (Å²) in [5.41, 5.74) is 1.93. The number of rotatable bonds is 2. The third-order valence-corrected chi connectivity index (χ3v) is 3.63. The van der Waals surface area contributed by atoms with E-state index in [1.807, 2.05) is 0 Å². The Labute approximate surface area is 116 Å². The van der Waals surface area contributed by atoms with Gasteiger partial charge in [-0.15, -0.1) is 24.8 Å². The van der Waals surface area contributed by atoms with Crippen LogP contribution in [0.4, 0.5) is 0 Å². The number of halogens is 2. The van der Waals surface area contributed by atoms with Crippen LogP contribution in [0.15, 0.2) is 30.3 Å². The molecule has 2 nitrogen and oxygen atoms in total. The van der Waals surface area contributed by atoms with E-state index in [9.17, 15) is 0 Å². The minimum atomic E-state index is 0. The van der Waals surface area contributed by atoms with Crippen LogP contribution in [-0.4, -0.2) is 30.1 Å². The van der Waals surface area contributed by atoms with Gasteiger partial charge in [0.05, 0.1) is 0 Å². The van der Waals surface area contributed by atoms with E-state index < -0.39 is 0 Å². The lowest BCUT2D eigenvalue weighted by Gasteiger charge is -2.48. The maximum Gasteiger partial charge on any atom is 0.0438 e. The Balaban J connectivity index is 0.000000722. The quantitative estimate of drug-likeness (QED) is 0.892. The molecule has 0 bridgehead atoms. The Bertz CT molecular complexity index is 329. The second kappa shape index (κ2) is 6.05. The summed E-state index contributed by atoms with van der Waals surface area (Å²) in [5, 5.41) is 3.64. The van der Waals surface area contributed by atoms with Gasteiger partial charge < -0.3 is 5.32 Å². The first-order valence-corrected chi connectivity index (χ1v) is 5.88. The van der Waals surface area contributed by atoms with Crippen LogP contribution in [0.2, 0.25) is 0 Å². The van der Waals surface area contributed by atoms with Gasteiger partial charge in [-0.25, -0.2) is 0 Å². The van der Waals surface area contributed by atoms with Gasteiger partial charge in [0.25, 0.3) is 0 Å². The second-order valence-corrected chi connectivity index (χ2v) is 4.94. The number of hydrogen-bond donors (Lipinski definition) is 1. The van der Waals surface area contributed by atoms with Gasteiger partial charge in [-0.2, -0.15) is 0 Å². The van der Waals surface area contributed by atoms with Gasteiger partial charge in [0, 0.05) is 25.2 Å². The van der Waals surface area contributed by atoms with E-state index in [2.05, 4.69) is 40.5 Å². The third kappa shape index (κ3) is 3.14. The highest BCUT2D eigenvalue weighted by atomic mass is 35.5. The molecule has 0 amide bonds. The van der Waals surface area contributed by atoms with Crippen LogP contribution in [0.25, 0.3) is 0 Å². The van der Waals surface area contributed by atoms with E-state index in [0.717, 1.165) is 6.54 Å². The van der Waals surface area contributed by atoms with E-state index in [0.29, 0.717) is 5.54 Å². The van der Waals surface area contributed by atoms with Crippen molar-refractivity contribution in [3.63, 3.8) is 0 Å². The standard InChI is InChI=1S/C13H18N2.2ClH/c1-2-5-12(6-3-1)9-15-10-13(11-15)7-4-8-14-13;;/h1-3,5-6,14H,4,7-11H2;2*1H. The lowest BCUT2D eigenvalue weighted by molar-refractivity contribution is 0.0486. The molecular formula is C13H20Cl2N2. The number of benzene rings is 1. The van der Waals surface area contributed by atoms with Gasteiger partial charge >= 0.3 is 0 Å². The number of nitrogens with one attached hydrogen (secondary N) is 1. The molecule has 2 saturated heterocycles. The molecule has 0 radical (unpaired) electrons. The van der Waals surface area contributed by atoms with Crippen molar-refractivity contribution in [3.05, 3.63) is 35.9 Å². The summed E-state index contributed by atoms with van der Waals surface area (Å²) in [6, 6.07) is 10.8. The summed E-state index contributed by atoms with van der Waals surface area (Å²) in [4.78, 5) is 2.54. The molecule has 2 fully saturated rings. The Morgan fingerprint density at radius 3 is 2.41 bits per heavy atom. The Morgan fingerprint density at radius 2 is 1.82 bits per heavy atom. The molecule has 96 valence electrons. The average Bonchev–Trinajstić information content (AvgIpc) is 2.68. The van der Waals surface area contributed by atoms with Crippen LogP contribution in [-0.2, 0) is 6.54 Å². The smallest absolute Gasteiger partial charge is 0.0438 e. The van der Waals surface area contributed by atoms with Gasteiger partial charge in [0.2, 0.25) is 0 Å². The highest BCUT2D eigenvalue weighted by Crippen LogP contribution is 2.30. The molecule has 0 aliphatic carbocycles. The largest absolute Gasteiger partial charge is 0.309 e. The van der Waals surface area contributed by atoms with Crippen molar-refractivity contribution >= 4 is 24.8 Å². The molecule has 2 heterocycles. The number of nitrogens with zero attached hydrogens (tertiary/aromatic N) is 1.